The lowest BCUT2D eigenvalue weighted by Crippen LogP contribution is -2.20. The molecule has 8 heteroatoms. The second kappa shape index (κ2) is 10.4. The number of amides is 1. The van der Waals surface area contributed by atoms with Gasteiger partial charge in [-0.15, -0.1) is 0 Å². The molecule has 0 saturated heterocycles. The molecule has 0 radical (unpaired) electrons. The number of nitrogens with one attached hydrogen (secondary N) is 1. The summed E-state index contributed by atoms with van der Waals surface area (Å²) in [5.41, 5.74) is 4.05. The Hall–Kier alpha value is -4.15. The number of nitro groups is 1. The Bertz CT molecular complexity index is 1280. The first-order valence-corrected chi connectivity index (χ1v) is 10.3. The average Bonchev–Trinajstić information content (AvgIpc) is 2.79. The van der Waals surface area contributed by atoms with E-state index in [1.807, 2.05) is 32.0 Å². The fraction of sp³-hybridized carbons (Fsp3) is 0.120. The van der Waals surface area contributed by atoms with Crippen molar-refractivity contribution >= 4 is 40.5 Å². The third-order valence-corrected chi connectivity index (χ3v) is 5.17. The van der Waals surface area contributed by atoms with Crippen LogP contribution in [0.2, 0.25) is 5.02 Å². The van der Waals surface area contributed by atoms with Crippen LogP contribution in [-0.2, 0) is 4.79 Å². The first kappa shape index (κ1) is 23.5. The van der Waals surface area contributed by atoms with Gasteiger partial charge >= 0.3 is 0 Å². The van der Waals surface area contributed by atoms with Gasteiger partial charge in [0.2, 0.25) is 0 Å². The van der Waals surface area contributed by atoms with Gasteiger partial charge < -0.3 is 10.1 Å². The Morgan fingerprint density at radius 1 is 1.12 bits per heavy atom. The third-order valence-electron chi connectivity index (χ3n) is 4.93. The van der Waals surface area contributed by atoms with Crippen molar-refractivity contribution in [3.05, 3.63) is 98.1 Å². The molecule has 1 N–H and O–H groups in total. The predicted octanol–water partition coefficient (Wildman–Crippen LogP) is 5.95. The third kappa shape index (κ3) is 6.19. The molecule has 0 bridgehead atoms. The molecular formula is C25H20ClN3O4. The summed E-state index contributed by atoms with van der Waals surface area (Å²) in [7, 11) is 0. The summed E-state index contributed by atoms with van der Waals surface area (Å²) >= 11 is 6.12. The number of non-ortho nitro benzene ring substituents is 1. The van der Waals surface area contributed by atoms with Crippen molar-refractivity contribution in [2.24, 2.45) is 0 Å². The summed E-state index contributed by atoms with van der Waals surface area (Å²) in [5, 5.41) is 23.7. The molecule has 0 aliphatic heterocycles. The zero-order valence-corrected chi connectivity index (χ0v) is 18.7. The number of anilines is 1. The molecule has 166 valence electrons. The predicted molar refractivity (Wildman–Crippen MR) is 128 cm³/mol. The van der Waals surface area contributed by atoms with Crippen LogP contribution in [0.3, 0.4) is 0 Å². The van der Waals surface area contributed by atoms with Crippen LogP contribution in [0, 0.1) is 35.3 Å². The number of rotatable bonds is 7. The zero-order chi connectivity index (χ0) is 24.0. The number of nitro benzene ring substituents is 1. The molecule has 0 aromatic heterocycles. The Morgan fingerprint density at radius 2 is 1.85 bits per heavy atom. The topological polar surface area (TPSA) is 105 Å². The van der Waals surface area contributed by atoms with E-state index >= 15 is 0 Å². The van der Waals surface area contributed by atoms with E-state index < -0.39 is 4.92 Å². The highest BCUT2D eigenvalue weighted by molar-refractivity contribution is 6.30. The number of carbonyl (C=O) groups excluding carboxylic acids is 1. The van der Waals surface area contributed by atoms with Gasteiger partial charge in [-0.2, -0.15) is 5.26 Å². The van der Waals surface area contributed by atoms with E-state index in [1.54, 1.807) is 24.3 Å². The molecule has 1 amide bonds. The van der Waals surface area contributed by atoms with Crippen LogP contribution in [0.15, 0.2) is 60.7 Å². The molecule has 0 aliphatic carbocycles. The van der Waals surface area contributed by atoms with Crippen molar-refractivity contribution < 1.29 is 14.5 Å². The molecule has 7 nitrogen and oxygen atoms in total. The molecule has 0 heterocycles. The Kier molecular flexibility index (Phi) is 7.44. The number of halogens is 1. The lowest BCUT2D eigenvalue weighted by Gasteiger charge is -2.11. The van der Waals surface area contributed by atoms with Gasteiger partial charge in [0.05, 0.1) is 16.6 Å². The molecule has 0 fully saturated rings. The summed E-state index contributed by atoms with van der Waals surface area (Å²) < 4.78 is 5.70. The fourth-order valence-electron chi connectivity index (χ4n) is 3.02. The monoisotopic (exact) mass is 461 g/mol. The van der Waals surface area contributed by atoms with Crippen LogP contribution in [0.25, 0.3) is 11.6 Å². The van der Waals surface area contributed by atoms with Gasteiger partial charge in [0.1, 0.15) is 5.75 Å². The highest BCUT2D eigenvalue weighted by atomic mass is 35.5. The average molecular weight is 462 g/mol. The molecule has 0 aliphatic rings. The summed E-state index contributed by atoms with van der Waals surface area (Å²) in [6.45, 7) is 3.71. The largest absolute Gasteiger partial charge is 0.483 e. The van der Waals surface area contributed by atoms with Crippen LogP contribution < -0.4 is 10.1 Å². The normalized spacial score (nSPS) is 10.9. The number of allylic oxidation sites excluding steroid dienone is 1. The molecular weight excluding hydrogens is 442 g/mol. The molecule has 0 spiro atoms. The minimum Gasteiger partial charge on any atom is -0.483 e. The smallest absolute Gasteiger partial charge is 0.269 e. The first-order chi connectivity index (χ1) is 15.8. The number of nitrogens with zero attached hydrogens (tertiary/aromatic N) is 2. The van der Waals surface area contributed by atoms with E-state index in [0.29, 0.717) is 27.6 Å². The van der Waals surface area contributed by atoms with E-state index in [2.05, 4.69) is 11.4 Å². The molecule has 3 aromatic carbocycles. The van der Waals surface area contributed by atoms with Crippen molar-refractivity contribution in [1.82, 2.24) is 0 Å². The summed E-state index contributed by atoms with van der Waals surface area (Å²) in [6, 6.07) is 18.2. The number of ether oxygens (including phenoxy) is 1. The van der Waals surface area contributed by atoms with Crippen molar-refractivity contribution in [2.75, 3.05) is 11.9 Å². The van der Waals surface area contributed by atoms with Crippen LogP contribution in [0.4, 0.5) is 11.4 Å². The fourth-order valence-corrected chi connectivity index (χ4v) is 3.20. The van der Waals surface area contributed by atoms with Crippen LogP contribution >= 0.6 is 11.6 Å². The first-order valence-electron chi connectivity index (χ1n) is 9.93. The minimum absolute atomic E-state index is 0.0717. The maximum atomic E-state index is 12.4. The molecule has 0 unspecified atom stereocenters. The van der Waals surface area contributed by atoms with Crippen molar-refractivity contribution in [1.29, 1.82) is 5.26 Å². The van der Waals surface area contributed by atoms with Gasteiger partial charge in [-0.3, -0.25) is 14.9 Å². The number of benzene rings is 3. The van der Waals surface area contributed by atoms with E-state index in [9.17, 15) is 20.2 Å². The number of carbonyl (C=O) groups is 1. The van der Waals surface area contributed by atoms with Crippen molar-refractivity contribution in [3.63, 3.8) is 0 Å². The van der Waals surface area contributed by atoms with Crippen molar-refractivity contribution in [3.8, 4) is 11.8 Å². The van der Waals surface area contributed by atoms with Crippen molar-refractivity contribution in [2.45, 2.75) is 13.8 Å². The molecule has 33 heavy (non-hydrogen) atoms. The van der Waals surface area contributed by atoms with Gasteiger partial charge in [-0.1, -0.05) is 17.7 Å². The second-order valence-corrected chi connectivity index (χ2v) is 7.73. The molecule has 0 atom stereocenters. The lowest BCUT2D eigenvalue weighted by molar-refractivity contribution is -0.384. The Labute approximate surface area is 196 Å². The summed E-state index contributed by atoms with van der Waals surface area (Å²) in [4.78, 5) is 22.7. The van der Waals surface area contributed by atoms with E-state index in [0.717, 1.165) is 11.1 Å². The number of hydrogen-bond acceptors (Lipinski definition) is 5. The van der Waals surface area contributed by atoms with E-state index in [4.69, 9.17) is 16.3 Å². The Balaban J connectivity index is 1.79. The van der Waals surface area contributed by atoms with Gasteiger partial charge in [0, 0.05) is 28.4 Å². The standard InChI is InChI=1S/C25H20ClN3O4/c1-16-3-7-22(11-17(16)2)28-25(30)15-33-24-10-6-21(26)13-19(24)12-20(14-27)18-4-8-23(9-5-18)29(31)32/h3-13H,15H2,1-2H3,(H,28,30)/b20-12+. The Morgan fingerprint density at radius 3 is 2.48 bits per heavy atom. The summed E-state index contributed by atoms with van der Waals surface area (Å²) in [6.07, 6.45) is 1.56. The van der Waals surface area contributed by atoms with Gasteiger partial charge in [0.25, 0.3) is 11.6 Å². The number of aryl methyl sites for hydroxylation is 2. The quantitative estimate of drug-likeness (QED) is 0.202. The number of nitriles is 1. The van der Waals surface area contributed by atoms with Gasteiger partial charge in [0.15, 0.2) is 6.61 Å². The second-order valence-electron chi connectivity index (χ2n) is 7.29. The molecule has 3 rings (SSSR count). The maximum absolute atomic E-state index is 12.4. The number of hydrogen-bond donors (Lipinski definition) is 1. The van der Waals surface area contributed by atoms with E-state index in [-0.39, 0.29) is 23.8 Å². The van der Waals surface area contributed by atoms with Crippen LogP contribution in [0.5, 0.6) is 5.75 Å². The molecule has 0 saturated carbocycles. The highest BCUT2D eigenvalue weighted by Gasteiger charge is 2.11. The van der Waals surface area contributed by atoms with Gasteiger partial charge in [-0.05, 0) is 79.1 Å². The maximum Gasteiger partial charge on any atom is 0.269 e. The zero-order valence-electron chi connectivity index (χ0n) is 18.0. The van der Waals surface area contributed by atoms with Crippen LogP contribution in [-0.4, -0.2) is 17.4 Å². The lowest BCUT2D eigenvalue weighted by atomic mass is 10.0. The molecule has 3 aromatic rings. The minimum atomic E-state index is -0.509. The summed E-state index contributed by atoms with van der Waals surface area (Å²) in [5.74, 6) is 0.0308. The van der Waals surface area contributed by atoms with E-state index in [1.165, 1.54) is 24.3 Å². The highest BCUT2D eigenvalue weighted by Crippen LogP contribution is 2.28. The van der Waals surface area contributed by atoms with Gasteiger partial charge in [-0.25, -0.2) is 0 Å². The van der Waals surface area contributed by atoms with Crippen LogP contribution in [0.1, 0.15) is 22.3 Å². The SMILES string of the molecule is Cc1ccc(NC(=O)COc2ccc(Cl)cc2/C=C(\C#N)c2ccc([N+](=O)[O-])cc2)cc1C.